The molecule has 2 aromatic rings. The van der Waals surface area contributed by atoms with Gasteiger partial charge in [-0.15, -0.1) is 10.2 Å². The average molecular weight is 316 g/mol. The summed E-state index contributed by atoms with van der Waals surface area (Å²) in [4.78, 5) is 0. The quantitative estimate of drug-likeness (QED) is 0.600. The van der Waals surface area contributed by atoms with Gasteiger partial charge < -0.3 is 4.74 Å². The molecule has 0 saturated carbocycles. The smallest absolute Gasteiger partial charge is 0.297 e. The van der Waals surface area contributed by atoms with E-state index in [-0.39, 0.29) is 5.16 Å². The lowest BCUT2D eigenvalue weighted by atomic mass is 10.3. The van der Waals surface area contributed by atoms with Crippen molar-refractivity contribution >= 4 is 19.7 Å². The van der Waals surface area contributed by atoms with Gasteiger partial charge in [0.2, 0.25) is 0 Å². The Kier molecular flexibility index (Phi) is 4.74. The summed E-state index contributed by atoms with van der Waals surface area (Å²) in [6, 6.07) is 8.96. The molecule has 2 rings (SSSR count). The lowest BCUT2D eigenvalue weighted by Gasteiger charge is -2.08. The molecule has 1 heterocycles. The van der Waals surface area contributed by atoms with Crippen molar-refractivity contribution in [3.8, 4) is 5.69 Å². The second kappa shape index (κ2) is 6.34. The predicted octanol–water partition coefficient (Wildman–Crippen LogP) is 1.77. The molecule has 0 atom stereocenters. The van der Waals surface area contributed by atoms with Crippen LogP contribution in [0.5, 0.6) is 0 Å². The van der Waals surface area contributed by atoms with E-state index in [4.69, 9.17) is 15.4 Å². The van der Waals surface area contributed by atoms with Gasteiger partial charge in [0.1, 0.15) is 5.82 Å². The minimum Gasteiger partial charge on any atom is -0.381 e. The van der Waals surface area contributed by atoms with E-state index in [1.54, 1.807) is 24.3 Å². The Labute approximate surface area is 121 Å². The van der Waals surface area contributed by atoms with Crippen LogP contribution in [-0.2, 0) is 20.2 Å². The van der Waals surface area contributed by atoms with Gasteiger partial charge in [-0.2, -0.15) is 0 Å². The SMILES string of the molecule is CCOCCc1nnc(S(=O)(=O)Cl)n1-c1ccccc1. The maximum atomic E-state index is 11.6. The van der Waals surface area contributed by atoms with Crippen molar-refractivity contribution in [2.45, 2.75) is 18.5 Å². The fraction of sp³-hybridized carbons (Fsp3) is 0.333. The molecule has 0 bridgehead atoms. The van der Waals surface area contributed by atoms with E-state index in [1.165, 1.54) is 4.57 Å². The maximum absolute atomic E-state index is 11.6. The summed E-state index contributed by atoms with van der Waals surface area (Å²) in [5.74, 6) is 0.490. The van der Waals surface area contributed by atoms with Crippen LogP contribution in [0.15, 0.2) is 35.5 Å². The van der Waals surface area contributed by atoms with E-state index >= 15 is 0 Å². The summed E-state index contributed by atoms with van der Waals surface area (Å²) in [7, 11) is 1.44. The molecule has 8 heteroatoms. The van der Waals surface area contributed by atoms with E-state index in [0.29, 0.717) is 31.1 Å². The van der Waals surface area contributed by atoms with Gasteiger partial charge >= 0.3 is 0 Å². The zero-order valence-electron chi connectivity index (χ0n) is 10.9. The van der Waals surface area contributed by atoms with E-state index in [9.17, 15) is 8.42 Å². The van der Waals surface area contributed by atoms with E-state index in [1.807, 2.05) is 13.0 Å². The van der Waals surface area contributed by atoms with Gasteiger partial charge in [0.05, 0.1) is 6.61 Å². The molecule has 20 heavy (non-hydrogen) atoms. The van der Waals surface area contributed by atoms with Gasteiger partial charge in [-0.05, 0) is 19.1 Å². The van der Waals surface area contributed by atoms with Crippen molar-refractivity contribution in [2.75, 3.05) is 13.2 Å². The van der Waals surface area contributed by atoms with Crippen molar-refractivity contribution in [3.05, 3.63) is 36.2 Å². The first kappa shape index (κ1) is 15.0. The second-order valence-electron chi connectivity index (χ2n) is 3.95. The number of nitrogens with zero attached hydrogens (tertiary/aromatic N) is 3. The minimum atomic E-state index is -3.97. The van der Waals surface area contributed by atoms with Crippen LogP contribution in [0.3, 0.4) is 0 Å². The summed E-state index contributed by atoms with van der Waals surface area (Å²) < 4.78 is 29.9. The molecular formula is C12H14ClN3O3S. The molecule has 0 N–H and O–H groups in total. The molecule has 0 amide bonds. The standard InChI is InChI=1S/C12H14ClN3O3S/c1-2-19-9-8-11-14-15-12(20(13,17)18)16(11)10-6-4-3-5-7-10/h3-7H,2,8-9H2,1H3. The molecule has 0 spiro atoms. The van der Waals surface area contributed by atoms with Crippen LogP contribution in [0, 0.1) is 0 Å². The summed E-state index contributed by atoms with van der Waals surface area (Å²) in [6.07, 6.45) is 0.447. The number of aromatic nitrogens is 3. The fourth-order valence-electron chi connectivity index (χ4n) is 1.76. The van der Waals surface area contributed by atoms with Crippen LogP contribution < -0.4 is 0 Å². The Morgan fingerprint density at radius 3 is 2.55 bits per heavy atom. The van der Waals surface area contributed by atoms with E-state index in [0.717, 1.165) is 0 Å². The van der Waals surface area contributed by atoms with Crippen LogP contribution >= 0.6 is 10.7 Å². The minimum absolute atomic E-state index is 0.281. The first-order valence-electron chi connectivity index (χ1n) is 6.06. The number of hydrogen-bond acceptors (Lipinski definition) is 5. The molecule has 1 aromatic carbocycles. The van der Waals surface area contributed by atoms with Crippen LogP contribution in [-0.4, -0.2) is 36.4 Å². The number of rotatable bonds is 6. The molecule has 0 saturated heterocycles. The Morgan fingerprint density at radius 2 is 1.95 bits per heavy atom. The molecule has 0 fully saturated rings. The number of halogens is 1. The molecular weight excluding hydrogens is 302 g/mol. The highest BCUT2D eigenvalue weighted by molar-refractivity contribution is 8.13. The van der Waals surface area contributed by atoms with Gasteiger partial charge in [-0.3, -0.25) is 4.57 Å². The van der Waals surface area contributed by atoms with Crippen LogP contribution in [0.4, 0.5) is 0 Å². The van der Waals surface area contributed by atoms with Gasteiger partial charge in [-0.1, -0.05) is 18.2 Å². The van der Waals surface area contributed by atoms with E-state index < -0.39 is 9.05 Å². The lowest BCUT2D eigenvalue weighted by molar-refractivity contribution is 0.149. The molecule has 1 aromatic heterocycles. The zero-order valence-corrected chi connectivity index (χ0v) is 12.4. The Balaban J connectivity index is 2.46. The fourth-order valence-corrected chi connectivity index (χ4v) is 2.63. The second-order valence-corrected chi connectivity index (χ2v) is 6.41. The first-order chi connectivity index (χ1) is 9.54. The molecule has 6 nitrogen and oxygen atoms in total. The Bertz CT molecular complexity index is 671. The zero-order chi connectivity index (χ0) is 14.6. The molecule has 0 aliphatic rings. The largest absolute Gasteiger partial charge is 0.381 e. The average Bonchev–Trinajstić information content (AvgIpc) is 2.84. The highest BCUT2D eigenvalue weighted by atomic mass is 35.7. The highest BCUT2D eigenvalue weighted by Crippen LogP contribution is 2.20. The monoisotopic (exact) mass is 315 g/mol. The highest BCUT2D eigenvalue weighted by Gasteiger charge is 2.23. The van der Waals surface area contributed by atoms with Gasteiger partial charge in [0.15, 0.2) is 0 Å². The molecule has 108 valence electrons. The molecule has 0 aliphatic heterocycles. The molecule has 0 aliphatic carbocycles. The summed E-state index contributed by atoms with van der Waals surface area (Å²) >= 11 is 0. The number of benzene rings is 1. The van der Waals surface area contributed by atoms with Crippen LogP contribution in [0.2, 0.25) is 0 Å². The molecule has 0 unspecified atom stereocenters. The van der Waals surface area contributed by atoms with Crippen molar-refractivity contribution < 1.29 is 13.2 Å². The van der Waals surface area contributed by atoms with Crippen LogP contribution in [0.25, 0.3) is 5.69 Å². The molecule has 0 radical (unpaired) electrons. The third-order valence-electron chi connectivity index (χ3n) is 2.61. The number of ether oxygens (including phenoxy) is 1. The normalized spacial score (nSPS) is 11.7. The Morgan fingerprint density at radius 1 is 1.25 bits per heavy atom. The number of para-hydroxylation sites is 1. The van der Waals surface area contributed by atoms with E-state index in [2.05, 4.69) is 10.2 Å². The summed E-state index contributed by atoms with van der Waals surface area (Å²) in [5, 5.41) is 7.30. The topological polar surface area (TPSA) is 74.1 Å². The maximum Gasteiger partial charge on any atom is 0.297 e. The van der Waals surface area contributed by atoms with Gasteiger partial charge in [-0.25, -0.2) is 8.42 Å². The van der Waals surface area contributed by atoms with Crippen LogP contribution in [0.1, 0.15) is 12.7 Å². The van der Waals surface area contributed by atoms with Crippen molar-refractivity contribution in [2.24, 2.45) is 0 Å². The predicted molar refractivity (Wildman–Crippen MR) is 74.6 cm³/mol. The van der Waals surface area contributed by atoms with Gasteiger partial charge in [0, 0.05) is 29.4 Å². The third-order valence-corrected chi connectivity index (χ3v) is 3.72. The lowest BCUT2D eigenvalue weighted by Crippen LogP contribution is -2.09. The van der Waals surface area contributed by atoms with Crippen molar-refractivity contribution in [1.29, 1.82) is 0 Å². The van der Waals surface area contributed by atoms with Crippen molar-refractivity contribution in [1.82, 2.24) is 14.8 Å². The summed E-state index contributed by atoms with van der Waals surface area (Å²) in [5.41, 5.74) is 0.642. The Hall–Kier alpha value is -1.44. The third kappa shape index (κ3) is 3.36. The van der Waals surface area contributed by atoms with Gasteiger partial charge in [0.25, 0.3) is 14.2 Å². The first-order valence-corrected chi connectivity index (χ1v) is 8.37. The summed E-state index contributed by atoms with van der Waals surface area (Å²) in [6.45, 7) is 2.90. The van der Waals surface area contributed by atoms with Crippen molar-refractivity contribution in [3.63, 3.8) is 0 Å². The number of hydrogen-bond donors (Lipinski definition) is 0.